The molecule has 4 rings (SSSR count). The van der Waals surface area contributed by atoms with E-state index >= 15 is 0 Å². The molecule has 0 saturated carbocycles. The molecule has 0 unspecified atom stereocenters. The minimum absolute atomic E-state index is 0.0635. The molecule has 4 aromatic rings. The fourth-order valence-electron chi connectivity index (χ4n) is 4.20. The molecule has 196 valence electrons. The highest BCUT2D eigenvalue weighted by Crippen LogP contribution is 2.41. The molecule has 0 fully saturated rings. The lowest BCUT2D eigenvalue weighted by molar-refractivity contribution is -0.136. The van der Waals surface area contributed by atoms with Crippen LogP contribution >= 0.6 is 11.6 Å². The SMILES string of the molecule is CCOC(=O)N(c1ccccc1Cl)c1c(C)noc1-c1ccc(Cc2cc(CC(=O)O)ccc2OC)cc1. The van der Waals surface area contributed by atoms with Gasteiger partial charge in [0.25, 0.3) is 0 Å². The molecule has 0 aliphatic rings. The van der Waals surface area contributed by atoms with Gasteiger partial charge in [0.1, 0.15) is 17.1 Å². The Morgan fingerprint density at radius 2 is 1.76 bits per heavy atom. The van der Waals surface area contributed by atoms with Crippen LogP contribution < -0.4 is 9.64 Å². The van der Waals surface area contributed by atoms with Gasteiger partial charge in [0.05, 0.1) is 30.8 Å². The first kappa shape index (κ1) is 26.8. The van der Waals surface area contributed by atoms with E-state index in [1.807, 2.05) is 30.3 Å². The molecule has 1 aromatic heterocycles. The predicted molar refractivity (Wildman–Crippen MR) is 144 cm³/mol. The van der Waals surface area contributed by atoms with E-state index in [9.17, 15) is 9.59 Å². The maximum absolute atomic E-state index is 13.1. The molecular formula is C29H27ClN2O6. The lowest BCUT2D eigenvalue weighted by Crippen LogP contribution is -2.27. The summed E-state index contributed by atoms with van der Waals surface area (Å²) in [4.78, 5) is 25.6. The summed E-state index contributed by atoms with van der Waals surface area (Å²) in [5.74, 6) is 0.182. The fraction of sp³-hybridized carbons (Fsp3) is 0.207. The number of anilines is 2. The first-order valence-corrected chi connectivity index (χ1v) is 12.3. The van der Waals surface area contributed by atoms with E-state index in [4.69, 9.17) is 30.7 Å². The van der Waals surface area contributed by atoms with Crippen molar-refractivity contribution in [2.75, 3.05) is 18.6 Å². The molecule has 0 aliphatic carbocycles. The smallest absolute Gasteiger partial charge is 0.419 e. The van der Waals surface area contributed by atoms with Crippen molar-refractivity contribution >= 4 is 35.0 Å². The minimum Gasteiger partial charge on any atom is -0.496 e. The lowest BCUT2D eigenvalue weighted by atomic mass is 9.99. The summed E-state index contributed by atoms with van der Waals surface area (Å²) in [7, 11) is 1.58. The summed E-state index contributed by atoms with van der Waals surface area (Å²) < 4.78 is 16.5. The molecule has 1 N–H and O–H groups in total. The zero-order valence-corrected chi connectivity index (χ0v) is 22.0. The Morgan fingerprint density at radius 3 is 2.42 bits per heavy atom. The number of rotatable bonds is 9. The van der Waals surface area contributed by atoms with E-state index in [0.717, 1.165) is 11.1 Å². The molecule has 0 radical (unpaired) electrons. The standard InChI is InChI=1S/C29H27ClN2O6/c1-4-37-29(35)32(24-8-6-5-7-23(24)30)27-18(2)31-38-28(27)21-12-9-19(10-13-21)15-22-16-20(17-26(33)34)11-14-25(22)36-3/h5-14,16H,4,15,17H2,1-3H3,(H,33,34). The van der Waals surface area contributed by atoms with Crippen molar-refractivity contribution in [2.45, 2.75) is 26.7 Å². The van der Waals surface area contributed by atoms with Crippen molar-refractivity contribution in [3.63, 3.8) is 0 Å². The van der Waals surface area contributed by atoms with Crippen molar-refractivity contribution in [3.8, 4) is 17.1 Å². The molecular weight excluding hydrogens is 508 g/mol. The molecule has 3 aromatic carbocycles. The normalized spacial score (nSPS) is 10.7. The van der Waals surface area contributed by atoms with Gasteiger partial charge in [-0.25, -0.2) is 9.69 Å². The fourth-order valence-corrected chi connectivity index (χ4v) is 4.42. The molecule has 0 aliphatic heterocycles. The number of amides is 1. The second-order valence-corrected chi connectivity index (χ2v) is 8.93. The number of carboxylic acid groups (broad SMARTS) is 1. The van der Waals surface area contributed by atoms with Crippen LogP contribution in [0.25, 0.3) is 11.3 Å². The number of carbonyl (C=O) groups is 2. The number of methoxy groups -OCH3 is 1. The van der Waals surface area contributed by atoms with E-state index in [2.05, 4.69) is 5.16 Å². The van der Waals surface area contributed by atoms with Crippen molar-refractivity contribution in [1.29, 1.82) is 0 Å². The number of carboxylic acids is 1. The van der Waals surface area contributed by atoms with Gasteiger partial charge in [0.2, 0.25) is 0 Å². The van der Waals surface area contributed by atoms with Crippen LogP contribution in [0.15, 0.2) is 71.3 Å². The third kappa shape index (κ3) is 5.81. The Labute approximate surface area is 225 Å². The van der Waals surface area contributed by atoms with Crippen molar-refractivity contribution in [1.82, 2.24) is 5.16 Å². The Balaban J connectivity index is 1.69. The predicted octanol–water partition coefficient (Wildman–Crippen LogP) is 6.82. The number of aliphatic carboxylic acids is 1. The summed E-state index contributed by atoms with van der Waals surface area (Å²) in [5.41, 5.74) is 4.64. The molecule has 1 heterocycles. The molecule has 0 spiro atoms. The third-order valence-corrected chi connectivity index (χ3v) is 6.23. The van der Waals surface area contributed by atoms with Gasteiger partial charge in [0.15, 0.2) is 5.76 Å². The second kappa shape index (κ2) is 11.8. The van der Waals surface area contributed by atoms with Gasteiger partial charge in [-0.3, -0.25) is 4.79 Å². The molecule has 1 amide bonds. The number of aromatic nitrogens is 1. The summed E-state index contributed by atoms with van der Waals surface area (Å²) in [5, 5.41) is 13.6. The van der Waals surface area contributed by atoms with Gasteiger partial charge < -0.3 is 19.1 Å². The highest BCUT2D eigenvalue weighted by Gasteiger charge is 2.30. The van der Waals surface area contributed by atoms with Gasteiger partial charge in [0, 0.05) is 12.0 Å². The number of benzene rings is 3. The van der Waals surface area contributed by atoms with Crippen molar-refractivity contribution in [3.05, 3.63) is 94.1 Å². The van der Waals surface area contributed by atoms with Crippen LogP contribution in [-0.2, 0) is 22.4 Å². The zero-order valence-electron chi connectivity index (χ0n) is 21.2. The molecule has 8 nitrogen and oxygen atoms in total. The monoisotopic (exact) mass is 534 g/mol. The van der Waals surface area contributed by atoms with Crippen LogP contribution in [0.1, 0.15) is 29.3 Å². The number of carbonyl (C=O) groups excluding carboxylic acids is 1. The van der Waals surface area contributed by atoms with E-state index in [-0.39, 0.29) is 13.0 Å². The maximum atomic E-state index is 13.1. The van der Waals surface area contributed by atoms with E-state index in [1.54, 1.807) is 57.4 Å². The third-order valence-electron chi connectivity index (χ3n) is 5.91. The van der Waals surface area contributed by atoms with Crippen LogP contribution in [0.4, 0.5) is 16.2 Å². The summed E-state index contributed by atoms with van der Waals surface area (Å²) in [6.07, 6.45) is -0.127. The number of aryl methyl sites for hydroxylation is 1. The van der Waals surface area contributed by atoms with Crippen molar-refractivity contribution < 1.29 is 28.7 Å². The molecule has 0 saturated heterocycles. The lowest BCUT2D eigenvalue weighted by Gasteiger charge is -2.23. The Kier molecular flexibility index (Phi) is 8.33. The van der Waals surface area contributed by atoms with Gasteiger partial charge in [-0.15, -0.1) is 0 Å². The van der Waals surface area contributed by atoms with Crippen LogP contribution in [0.3, 0.4) is 0 Å². The van der Waals surface area contributed by atoms with Crippen molar-refractivity contribution in [2.24, 2.45) is 0 Å². The summed E-state index contributed by atoms with van der Waals surface area (Å²) in [6, 6.07) is 20.0. The van der Waals surface area contributed by atoms with Crippen LogP contribution in [0.2, 0.25) is 5.02 Å². The number of hydrogen-bond acceptors (Lipinski definition) is 6. The van der Waals surface area contributed by atoms with Crippen LogP contribution in [-0.4, -0.2) is 36.0 Å². The highest BCUT2D eigenvalue weighted by molar-refractivity contribution is 6.34. The molecule has 0 atom stereocenters. The van der Waals surface area contributed by atoms with Crippen LogP contribution in [0, 0.1) is 6.92 Å². The largest absolute Gasteiger partial charge is 0.496 e. The van der Waals surface area contributed by atoms with Gasteiger partial charge in [-0.1, -0.05) is 65.3 Å². The Morgan fingerprint density at radius 1 is 1.05 bits per heavy atom. The minimum atomic E-state index is -0.891. The number of halogens is 1. The topological polar surface area (TPSA) is 102 Å². The van der Waals surface area contributed by atoms with E-state index < -0.39 is 12.1 Å². The van der Waals surface area contributed by atoms with E-state index in [1.165, 1.54) is 4.90 Å². The van der Waals surface area contributed by atoms with Gasteiger partial charge in [-0.2, -0.15) is 0 Å². The maximum Gasteiger partial charge on any atom is 0.419 e. The molecule has 9 heteroatoms. The average Bonchev–Trinajstić information content (AvgIpc) is 3.27. The van der Waals surface area contributed by atoms with Gasteiger partial charge >= 0.3 is 12.1 Å². The average molecular weight is 535 g/mol. The first-order chi connectivity index (χ1) is 18.3. The molecule has 38 heavy (non-hydrogen) atoms. The highest BCUT2D eigenvalue weighted by atomic mass is 35.5. The van der Waals surface area contributed by atoms with Crippen LogP contribution in [0.5, 0.6) is 5.75 Å². The van der Waals surface area contributed by atoms with Gasteiger partial charge in [-0.05, 0) is 48.7 Å². The quantitative estimate of drug-likeness (QED) is 0.251. The number of para-hydroxylation sites is 1. The molecule has 0 bridgehead atoms. The number of ether oxygens (including phenoxy) is 2. The Hall–Kier alpha value is -4.30. The number of hydrogen-bond donors (Lipinski definition) is 1. The first-order valence-electron chi connectivity index (χ1n) is 12.0. The summed E-state index contributed by atoms with van der Waals surface area (Å²) in [6.45, 7) is 3.66. The summed E-state index contributed by atoms with van der Waals surface area (Å²) >= 11 is 6.45. The van der Waals surface area contributed by atoms with E-state index in [0.29, 0.717) is 51.1 Å². The zero-order chi connectivity index (χ0) is 27.2. The number of nitrogens with zero attached hydrogens (tertiary/aromatic N) is 2. The second-order valence-electron chi connectivity index (χ2n) is 8.52. The Bertz CT molecular complexity index is 1450.